The maximum absolute atomic E-state index is 10.8. The molecule has 1 aromatic rings. The highest BCUT2D eigenvalue weighted by Crippen LogP contribution is 2.17. The lowest BCUT2D eigenvalue weighted by Crippen LogP contribution is -2.42. The van der Waals surface area contributed by atoms with Gasteiger partial charge in [0.25, 0.3) is 6.79 Å². The van der Waals surface area contributed by atoms with Crippen LogP contribution < -0.4 is 9.85 Å². The summed E-state index contributed by atoms with van der Waals surface area (Å²) in [5.74, 6) is -1.49. The van der Waals surface area contributed by atoms with Gasteiger partial charge in [-0.3, -0.25) is 14.6 Å². The predicted octanol–water partition coefficient (Wildman–Crippen LogP) is -0.736. The third-order valence-electron chi connectivity index (χ3n) is 2.75. The summed E-state index contributed by atoms with van der Waals surface area (Å²) >= 11 is 0. The fourth-order valence-corrected chi connectivity index (χ4v) is 1.71. The molecule has 0 radical (unpaired) electrons. The second-order valence-electron chi connectivity index (χ2n) is 4.02. The number of esters is 1. The molecule has 1 aliphatic heterocycles. The molecule has 2 rings (SSSR count). The number of carboxylic acids is 1. The van der Waals surface area contributed by atoms with Gasteiger partial charge in [-0.1, -0.05) is 0 Å². The predicted molar refractivity (Wildman–Crippen MR) is 56.2 cm³/mol. The van der Waals surface area contributed by atoms with Crippen LogP contribution in [0.3, 0.4) is 0 Å². The van der Waals surface area contributed by atoms with Crippen molar-refractivity contribution in [3.63, 3.8) is 0 Å². The Hall–Kier alpha value is -2.06. The molecular weight excluding hydrogens is 246 g/mol. The lowest BCUT2D eigenvalue weighted by Gasteiger charge is -2.26. The largest absolute Gasteiger partial charge is 0.481 e. The zero-order valence-electron chi connectivity index (χ0n) is 9.94. The van der Waals surface area contributed by atoms with Crippen molar-refractivity contribution < 1.29 is 28.9 Å². The number of hydrogen-bond acceptors (Lipinski definition) is 6. The summed E-state index contributed by atoms with van der Waals surface area (Å²) in [6.45, 7) is 2.20. The number of hydrogen-bond donors (Lipinski definition) is 1. The van der Waals surface area contributed by atoms with E-state index in [0.29, 0.717) is 25.9 Å². The van der Waals surface area contributed by atoms with Gasteiger partial charge >= 0.3 is 11.9 Å². The van der Waals surface area contributed by atoms with Crippen LogP contribution in [0.1, 0.15) is 19.8 Å². The summed E-state index contributed by atoms with van der Waals surface area (Å²) in [4.78, 5) is 27.6. The zero-order valence-corrected chi connectivity index (χ0v) is 9.94. The number of aliphatic carboxylic acids is 1. The van der Waals surface area contributed by atoms with E-state index in [1.54, 1.807) is 0 Å². The standard InChI is InChI=1S/C9H15N3O6/c1-7(13)16-6-17-12-11(18-12)10-4-2-8(3-5-10)9(14)15/h8H,2-6H2,1H3,(H,14,15). The first-order chi connectivity index (χ1) is 8.58. The van der Waals surface area contributed by atoms with Crippen LogP contribution in [0.5, 0.6) is 0 Å². The minimum Gasteiger partial charge on any atom is -0.481 e. The molecule has 0 atom stereocenters. The average Bonchev–Trinajstić information content (AvgIpc) is 3.08. The van der Waals surface area contributed by atoms with Crippen molar-refractivity contribution in [1.82, 2.24) is 9.98 Å². The number of aromatic nitrogens is 2. The van der Waals surface area contributed by atoms with Gasteiger partial charge in [0.1, 0.15) is 5.02 Å². The quantitative estimate of drug-likeness (QED) is 0.550. The van der Waals surface area contributed by atoms with Crippen molar-refractivity contribution in [3.05, 3.63) is 0 Å². The van der Waals surface area contributed by atoms with Crippen LogP contribution in [0.4, 0.5) is 0 Å². The summed E-state index contributed by atoms with van der Waals surface area (Å²) in [6.07, 6.45) is 1.12. The van der Waals surface area contributed by atoms with E-state index in [1.807, 2.05) is 5.01 Å². The molecule has 9 heteroatoms. The normalized spacial score (nSPS) is 16.8. The summed E-state index contributed by atoms with van der Waals surface area (Å²) in [5, 5.41) is 11.7. The lowest BCUT2D eigenvalue weighted by molar-refractivity contribution is -0.156. The number of nitrogens with zero attached hydrogens (tertiary/aromatic N) is 3. The fourth-order valence-electron chi connectivity index (χ4n) is 1.71. The number of rotatable bonds is 5. The number of ether oxygens (including phenoxy) is 1. The summed E-state index contributed by atoms with van der Waals surface area (Å²) in [5.41, 5.74) is 0. The highest BCUT2D eigenvalue weighted by atomic mass is 17.0. The molecule has 1 aromatic heterocycles. The Labute approximate surface area is 102 Å². The van der Waals surface area contributed by atoms with Gasteiger partial charge in [0.05, 0.1) is 5.92 Å². The van der Waals surface area contributed by atoms with Crippen molar-refractivity contribution in [2.24, 2.45) is 5.92 Å². The maximum Gasteiger partial charge on any atom is 0.306 e. The van der Waals surface area contributed by atoms with Crippen LogP contribution in [0.15, 0.2) is 4.63 Å². The molecule has 0 saturated carbocycles. The molecule has 1 aliphatic rings. The van der Waals surface area contributed by atoms with Gasteiger partial charge < -0.3 is 14.7 Å². The highest BCUT2D eigenvalue weighted by molar-refractivity contribution is 5.70. The number of piperidine rings is 1. The van der Waals surface area contributed by atoms with E-state index in [1.165, 1.54) is 11.9 Å². The monoisotopic (exact) mass is 261 g/mol. The van der Waals surface area contributed by atoms with Gasteiger partial charge in [-0.2, -0.15) is 4.63 Å². The third kappa shape index (κ3) is 2.99. The topological polar surface area (TPSA) is 99.1 Å². The van der Waals surface area contributed by atoms with Crippen molar-refractivity contribution in [2.75, 3.05) is 24.9 Å². The molecule has 1 N–H and O–H groups in total. The Morgan fingerprint density at radius 3 is 2.61 bits per heavy atom. The van der Waals surface area contributed by atoms with Gasteiger partial charge in [-0.15, -0.1) is 0 Å². The maximum atomic E-state index is 10.8. The van der Waals surface area contributed by atoms with Crippen LogP contribution >= 0.6 is 0 Å². The summed E-state index contributed by atoms with van der Waals surface area (Å²) < 4.78 is 9.54. The Balaban J connectivity index is 1.71. The molecule has 1 fully saturated rings. The molecule has 18 heavy (non-hydrogen) atoms. The smallest absolute Gasteiger partial charge is 0.306 e. The van der Waals surface area contributed by atoms with Crippen LogP contribution in [0.25, 0.3) is 0 Å². The minimum absolute atomic E-state index is 0.225. The molecule has 9 nitrogen and oxygen atoms in total. The molecule has 0 bridgehead atoms. The molecule has 0 amide bonds. The fraction of sp³-hybridized carbons (Fsp3) is 0.778. The van der Waals surface area contributed by atoms with Crippen LogP contribution in [0, 0.1) is 5.92 Å². The van der Waals surface area contributed by atoms with E-state index >= 15 is 0 Å². The molecular formula is C9H15N3O6. The first kappa shape index (κ1) is 12.4. The SMILES string of the molecule is CC(=O)OCOn1on1N1CCC(C(=O)O)CC1. The highest BCUT2D eigenvalue weighted by Gasteiger charge is 2.29. The van der Waals surface area contributed by atoms with Crippen molar-refractivity contribution in [2.45, 2.75) is 19.8 Å². The van der Waals surface area contributed by atoms with Gasteiger partial charge in [0, 0.05) is 25.0 Å². The minimum atomic E-state index is -0.760. The molecule has 102 valence electrons. The molecule has 2 heterocycles. The van der Waals surface area contributed by atoms with E-state index in [0.717, 1.165) is 5.02 Å². The van der Waals surface area contributed by atoms with Crippen molar-refractivity contribution in [3.8, 4) is 0 Å². The summed E-state index contributed by atoms with van der Waals surface area (Å²) in [7, 11) is 0. The number of carbonyl (C=O) groups excluding carboxylic acids is 1. The third-order valence-corrected chi connectivity index (χ3v) is 2.75. The van der Waals surface area contributed by atoms with E-state index in [9.17, 15) is 9.59 Å². The van der Waals surface area contributed by atoms with E-state index < -0.39 is 11.9 Å². The van der Waals surface area contributed by atoms with Gasteiger partial charge in [0.15, 0.2) is 0 Å². The second-order valence-corrected chi connectivity index (χ2v) is 4.02. The van der Waals surface area contributed by atoms with Gasteiger partial charge in [-0.05, 0) is 12.8 Å². The number of carbonyl (C=O) groups is 2. The Bertz CT molecular complexity index is 411. The Morgan fingerprint density at radius 2 is 2.06 bits per heavy atom. The molecule has 1 saturated heterocycles. The van der Waals surface area contributed by atoms with Crippen molar-refractivity contribution >= 4 is 11.9 Å². The lowest BCUT2D eigenvalue weighted by atomic mass is 9.98. The molecule has 0 aromatic carbocycles. The van der Waals surface area contributed by atoms with Gasteiger partial charge in [0.2, 0.25) is 0 Å². The molecule has 0 unspecified atom stereocenters. The van der Waals surface area contributed by atoms with Crippen LogP contribution in [-0.4, -0.2) is 46.9 Å². The molecule has 0 spiro atoms. The summed E-state index contributed by atoms with van der Waals surface area (Å²) in [6, 6.07) is 0. The van der Waals surface area contributed by atoms with Crippen molar-refractivity contribution in [1.29, 1.82) is 0 Å². The van der Waals surface area contributed by atoms with Crippen LogP contribution in [-0.2, 0) is 14.3 Å². The Kier molecular flexibility index (Phi) is 3.49. The number of carboxylic acid groups (broad SMARTS) is 1. The first-order valence-corrected chi connectivity index (χ1v) is 5.60. The average molecular weight is 261 g/mol. The zero-order chi connectivity index (χ0) is 13.1. The van der Waals surface area contributed by atoms with E-state index in [2.05, 4.69) is 4.74 Å². The Morgan fingerprint density at radius 1 is 1.39 bits per heavy atom. The second kappa shape index (κ2) is 5.07. The molecule has 0 aliphatic carbocycles. The van der Waals surface area contributed by atoms with E-state index in [4.69, 9.17) is 14.6 Å². The van der Waals surface area contributed by atoms with Gasteiger partial charge in [-0.25, -0.2) is 0 Å². The van der Waals surface area contributed by atoms with Crippen LogP contribution in [0.2, 0.25) is 0 Å². The van der Waals surface area contributed by atoms with E-state index in [-0.39, 0.29) is 12.7 Å². The first-order valence-electron chi connectivity index (χ1n) is 5.60.